The molecule has 3 saturated heterocycles. The van der Waals surface area contributed by atoms with Crippen molar-refractivity contribution < 1.29 is 31.1 Å². The Bertz CT molecular complexity index is 857. The molecule has 5 aliphatic rings. The van der Waals surface area contributed by atoms with Crippen molar-refractivity contribution in [3.63, 3.8) is 0 Å². The van der Waals surface area contributed by atoms with Crippen LogP contribution in [0.3, 0.4) is 0 Å². The van der Waals surface area contributed by atoms with Gasteiger partial charge in [0.15, 0.2) is 5.96 Å². The first-order chi connectivity index (χ1) is 18.4. The lowest BCUT2D eigenvalue weighted by Gasteiger charge is -2.45. The summed E-state index contributed by atoms with van der Waals surface area (Å²) >= 11 is 0. The third kappa shape index (κ3) is 6.14. The maximum atomic E-state index is 14.0. The first-order valence-electron chi connectivity index (χ1n) is 14.1. The largest absolute Gasteiger partial charge is 0.405 e. The van der Waals surface area contributed by atoms with Crippen molar-refractivity contribution in [1.29, 1.82) is 5.41 Å². The summed E-state index contributed by atoms with van der Waals surface area (Å²) < 4.78 is 84.6. The van der Waals surface area contributed by atoms with E-state index in [1.54, 1.807) is 11.9 Å². The maximum absolute atomic E-state index is 14.0. The predicted octanol–water partition coefficient (Wildman–Crippen LogP) is 2.73. The van der Waals surface area contributed by atoms with Gasteiger partial charge in [0.25, 0.3) is 0 Å². The lowest BCUT2D eigenvalue weighted by molar-refractivity contribution is -0.193. The van der Waals surface area contributed by atoms with E-state index in [-0.39, 0.29) is 49.3 Å². The van der Waals surface area contributed by atoms with Crippen molar-refractivity contribution in [1.82, 2.24) is 30.7 Å². The van der Waals surface area contributed by atoms with Crippen LogP contribution in [0, 0.1) is 23.2 Å². The molecule has 0 aromatic heterocycles. The molecular formula is C25H41F6N7O. The Hall–Kier alpha value is -1.35. The molecule has 2 aliphatic carbocycles. The Kier molecular flexibility index (Phi) is 8.59. The van der Waals surface area contributed by atoms with Crippen LogP contribution in [0.15, 0.2) is 0 Å². The van der Waals surface area contributed by atoms with Crippen molar-refractivity contribution in [2.24, 2.45) is 17.8 Å². The standard InChI is InChI=1S/C25H41F6N7O/c1-36-12-19(25(29,30)31)34-21(36)14-5-3-13(4-6-14)11-38-22-17(37(2)24(38)32)10-33-20(35-22)16-8-7-15(26)9-18(16)39-23(27)28/h13-23,32-35H,3-12H2,1-2H3. The Morgan fingerprint density at radius 3 is 2.38 bits per heavy atom. The SMILES string of the molecule is CN1CC(C(F)(F)F)NC1C1CCC(CN2C(=N)N(C)C3CNC(C4CCC(F)CC4OC(F)F)NC32)CC1. The molecular weight excluding hydrogens is 528 g/mol. The summed E-state index contributed by atoms with van der Waals surface area (Å²) in [5, 5.41) is 18.5. The number of nitrogens with one attached hydrogen (secondary N) is 4. The van der Waals surface area contributed by atoms with Crippen molar-refractivity contribution in [3.8, 4) is 0 Å². The van der Waals surface area contributed by atoms with Gasteiger partial charge in [-0.15, -0.1) is 0 Å². The highest BCUT2D eigenvalue weighted by Gasteiger charge is 2.50. The minimum atomic E-state index is -4.25. The molecule has 5 rings (SSSR count). The summed E-state index contributed by atoms with van der Waals surface area (Å²) in [6.07, 6.45) is -3.08. The molecule has 14 heteroatoms. The zero-order chi connectivity index (χ0) is 28.1. The number of nitrogens with zero attached hydrogens (tertiary/aromatic N) is 3. The van der Waals surface area contributed by atoms with Crippen LogP contribution >= 0.6 is 0 Å². The summed E-state index contributed by atoms with van der Waals surface area (Å²) in [7, 11) is 3.61. The molecule has 39 heavy (non-hydrogen) atoms. The predicted molar refractivity (Wildman–Crippen MR) is 133 cm³/mol. The van der Waals surface area contributed by atoms with Crippen molar-refractivity contribution >= 4 is 5.96 Å². The highest BCUT2D eigenvalue weighted by atomic mass is 19.4. The number of guanidine groups is 1. The van der Waals surface area contributed by atoms with E-state index in [1.165, 1.54) is 0 Å². The van der Waals surface area contributed by atoms with E-state index in [1.807, 2.05) is 16.8 Å². The van der Waals surface area contributed by atoms with E-state index < -0.39 is 31.1 Å². The lowest BCUT2D eigenvalue weighted by Crippen LogP contribution is -2.68. The highest BCUT2D eigenvalue weighted by molar-refractivity contribution is 5.80. The Labute approximate surface area is 225 Å². The van der Waals surface area contributed by atoms with Gasteiger partial charge in [0, 0.05) is 39.0 Å². The summed E-state index contributed by atoms with van der Waals surface area (Å²) in [6.45, 7) is -1.80. The molecule has 2 saturated carbocycles. The fourth-order valence-electron chi connectivity index (χ4n) is 7.55. The average molecular weight is 570 g/mol. The first-order valence-corrected chi connectivity index (χ1v) is 14.1. The minimum Gasteiger partial charge on any atom is -0.338 e. The molecule has 0 spiro atoms. The highest BCUT2D eigenvalue weighted by Crippen LogP contribution is 2.38. The third-order valence-electron chi connectivity index (χ3n) is 9.69. The molecule has 3 heterocycles. The van der Waals surface area contributed by atoms with E-state index in [0.717, 1.165) is 25.7 Å². The van der Waals surface area contributed by atoms with Gasteiger partial charge in [0.05, 0.1) is 24.5 Å². The Morgan fingerprint density at radius 2 is 1.74 bits per heavy atom. The molecule has 4 N–H and O–H groups in total. The molecule has 5 fully saturated rings. The fourth-order valence-corrected chi connectivity index (χ4v) is 7.55. The molecule has 8 unspecified atom stereocenters. The van der Waals surface area contributed by atoms with Crippen molar-refractivity contribution in [2.75, 3.05) is 33.7 Å². The van der Waals surface area contributed by atoms with E-state index in [9.17, 15) is 26.3 Å². The second kappa shape index (κ2) is 11.5. The Morgan fingerprint density at radius 1 is 1.03 bits per heavy atom. The van der Waals surface area contributed by atoms with E-state index in [0.29, 0.717) is 37.8 Å². The average Bonchev–Trinajstić information content (AvgIpc) is 3.38. The summed E-state index contributed by atoms with van der Waals surface area (Å²) in [4.78, 5) is 5.72. The normalized spacial score (nSPS) is 42.4. The van der Waals surface area contributed by atoms with Gasteiger partial charge in [-0.25, -0.2) is 4.39 Å². The smallest absolute Gasteiger partial charge is 0.338 e. The molecule has 8 nitrogen and oxygen atoms in total. The van der Waals surface area contributed by atoms with Crippen LogP contribution in [0.5, 0.6) is 0 Å². The maximum Gasteiger partial charge on any atom is 0.405 e. The summed E-state index contributed by atoms with van der Waals surface area (Å²) in [6, 6.07) is -1.51. The number of hydrogen-bond donors (Lipinski definition) is 4. The number of fused-ring (bicyclic) bond motifs is 1. The quantitative estimate of drug-likeness (QED) is 0.367. The molecule has 0 amide bonds. The van der Waals surface area contributed by atoms with Crippen LogP contribution in [-0.4, -0.2) is 110 Å². The van der Waals surface area contributed by atoms with Gasteiger partial charge in [-0.05, 0) is 57.4 Å². The third-order valence-corrected chi connectivity index (χ3v) is 9.69. The number of ether oxygens (including phenoxy) is 1. The summed E-state index contributed by atoms with van der Waals surface area (Å²) in [5.74, 6) is 0.512. The van der Waals surface area contributed by atoms with Gasteiger partial charge in [-0.3, -0.25) is 26.3 Å². The Balaban J connectivity index is 1.19. The van der Waals surface area contributed by atoms with Gasteiger partial charge in [-0.2, -0.15) is 22.0 Å². The minimum absolute atomic E-state index is 0.0206. The molecule has 8 atom stereocenters. The number of alkyl halides is 6. The molecule has 0 aromatic carbocycles. The lowest BCUT2D eigenvalue weighted by atomic mass is 9.80. The number of halogens is 6. The van der Waals surface area contributed by atoms with Gasteiger partial charge < -0.3 is 14.5 Å². The van der Waals surface area contributed by atoms with E-state index in [4.69, 9.17) is 10.1 Å². The number of rotatable bonds is 6. The topological polar surface area (TPSA) is 78.9 Å². The molecule has 3 aliphatic heterocycles. The van der Waals surface area contributed by atoms with Gasteiger partial charge in [0.2, 0.25) is 0 Å². The van der Waals surface area contributed by atoms with Gasteiger partial charge >= 0.3 is 12.8 Å². The number of likely N-dealkylation sites (N-methyl/N-ethyl adjacent to an activating group) is 2. The van der Waals surface area contributed by atoms with Crippen LogP contribution in [0.2, 0.25) is 0 Å². The second-order valence-corrected chi connectivity index (χ2v) is 12.1. The van der Waals surface area contributed by atoms with Crippen molar-refractivity contribution in [3.05, 3.63) is 0 Å². The molecule has 0 bridgehead atoms. The number of hydrogen-bond acceptors (Lipinski definition) is 6. The van der Waals surface area contributed by atoms with Crippen LogP contribution in [-0.2, 0) is 4.74 Å². The van der Waals surface area contributed by atoms with Gasteiger partial charge in [0.1, 0.15) is 18.4 Å². The zero-order valence-electron chi connectivity index (χ0n) is 22.4. The first kappa shape index (κ1) is 29.2. The monoisotopic (exact) mass is 569 g/mol. The molecule has 0 aromatic rings. The van der Waals surface area contributed by atoms with Crippen LogP contribution in [0.1, 0.15) is 44.9 Å². The molecule has 0 radical (unpaired) electrons. The van der Waals surface area contributed by atoms with Crippen LogP contribution < -0.4 is 16.0 Å². The summed E-state index contributed by atoms with van der Waals surface area (Å²) in [5.41, 5.74) is 0. The van der Waals surface area contributed by atoms with E-state index in [2.05, 4.69) is 16.0 Å². The zero-order valence-corrected chi connectivity index (χ0v) is 22.4. The fraction of sp³-hybridized carbons (Fsp3) is 0.960. The van der Waals surface area contributed by atoms with Gasteiger partial charge in [-0.1, -0.05) is 0 Å². The van der Waals surface area contributed by atoms with Crippen LogP contribution in [0.25, 0.3) is 0 Å². The van der Waals surface area contributed by atoms with E-state index >= 15 is 0 Å². The van der Waals surface area contributed by atoms with Crippen LogP contribution in [0.4, 0.5) is 26.3 Å². The molecule has 224 valence electrons. The second-order valence-electron chi connectivity index (χ2n) is 12.1. The van der Waals surface area contributed by atoms with Crippen molar-refractivity contribution in [2.45, 2.75) is 101 Å².